The summed E-state index contributed by atoms with van der Waals surface area (Å²) >= 11 is 3.43. The summed E-state index contributed by atoms with van der Waals surface area (Å²) in [6, 6.07) is 8.32. The first kappa shape index (κ1) is 10.3. The Hall–Kier alpha value is -1.22. The van der Waals surface area contributed by atoms with Crippen LogP contribution in [-0.2, 0) is 0 Å². The molecule has 1 aliphatic rings. The van der Waals surface area contributed by atoms with E-state index in [0.717, 1.165) is 16.7 Å². The van der Waals surface area contributed by atoms with Crippen molar-refractivity contribution in [3.05, 3.63) is 52.8 Å². The maximum Gasteiger partial charge on any atom is 0.0500 e. The lowest BCUT2D eigenvalue weighted by atomic mass is 10.2. The number of rotatable bonds is 2. The van der Waals surface area contributed by atoms with Crippen LogP contribution in [0.3, 0.4) is 0 Å². The smallest absolute Gasteiger partial charge is 0.0500 e. The van der Waals surface area contributed by atoms with Crippen LogP contribution in [0.5, 0.6) is 0 Å². The lowest BCUT2D eigenvalue weighted by Gasteiger charge is -2.23. The van der Waals surface area contributed by atoms with Crippen LogP contribution in [0.4, 0.5) is 5.69 Å². The summed E-state index contributed by atoms with van der Waals surface area (Å²) in [7, 11) is 1.93. The normalized spacial score (nSPS) is 15.1. The molecule has 0 amide bonds. The number of hydrogen-bond donors (Lipinski definition) is 1. The minimum atomic E-state index is 0.923. The van der Waals surface area contributed by atoms with Crippen molar-refractivity contribution in [1.82, 2.24) is 5.32 Å². The molecule has 0 aliphatic carbocycles. The predicted octanol–water partition coefficient (Wildman–Crippen LogP) is 2.89. The second-order valence-electron chi connectivity index (χ2n) is 3.37. The van der Waals surface area contributed by atoms with Gasteiger partial charge in [0.25, 0.3) is 0 Å². The van der Waals surface area contributed by atoms with E-state index in [4.69, 9.17) is 0 Å². The molecule has 0 radical (unpaired) electrons. The molecule has 1 aromatic rings. The molecular weight excluding hydrogens is 252 g/mol. The van der Waals surface area contributed by atoms with E-state index in [1.165, 1.54) is 5.69 Å². The minimum Gasteiger partial charge on any atom is -0.387 e. The van der Waals surface area contributed by atoms with Crippen molar-refractivity contribution in [3.8, 4) is 0 Å². The molecule has 0 atom stereocenters. The fourth-order valence-corrected chi connectivity index (χ4v) is 1.78. The average Bonchev–Trinajstić information content (AvgIpc) is 2.30. The van der Waals surface area contributed by atoms with Crippen LogP contribution in [0, 0.1) is 0 Å². The van der Waals surface area contributed by atoms with Gasteiger partial charge >= 0.3 is 0 Å². The summed E-state index contributed by atoms with van der Waals surface area (Å²) in [5.74, 6) is 0. The molecule has 0 bridgehead atoms. The predicted molar refractivity (Wildman–Crippen MR) is 67.8 cm³/mol. The third-order valence-electron chi connectivity index (χ3n) is 2.34. The maximum absolute atomic E-state index is 3.43. The van der Waals surface area contributed by atoms with E-state index >= 15 is 0 Å². The van der Waals surface area contributed by atoms with Crippen molar-refractivity contribution in [2.45, 2.75) is 0 Å². The second kappa shape index (κ2) is 4.53. The number of halogens is 1. The summed E-state index contributed by atoms with van der Waals surface area (Å²) in [4.78, 5) is 2.21. The van der Waals surface area contributed by atoms with Gasteiger partial charge in [0.2, 0.25) is 0 Å². The number of benzene rings is 1. The Bertz CT molecular complexity index is 393. The summed E-state index contributed by atoms with van der Waals surface area (Å²) in [5.41, 5.74) is 2.33. The van der Waals surface area contributed by atoms with E-state index in [1.54, 1.807) is 0 Å². The Balaban J connectivity index is 2.22. The van der Waals surface area contributed by atoms with Gasteiger partial charge in [-0.15, -0.1) is 0 Å². The fourth-order valence-electron chi connectivity index (χ4n) is 1.52. The molecule has 15 heavy (non-hydrogen) atoms. The van der Waals surface area contributed by atoms with Gasteiger partial charge in [0.05, 0.1) is 0 Å². The SMILES string of the molecule is CNC1=CN(c2ccc(Br)cc2)CC=C1. The van der Waals surface area contributed by atoms with E-state index in [2.05, 4.69) is 68.8 Å². The van der Waals surface area contributed by atoms with Gasteiger partial charge in [-0.2, -0.15) is 0 Å². The molecule has 0 saturated heterocycles. The van der Waals surface area contributed by atoms with Crippen molar-refractivity contribution >= 4 is 21.6 Å². The lowest BCUT2D eigenvalue weighted by Crippen LogP contribution is -2.22. The highest BCUT2D eigenvalue weighted by Gasteiger charge is 2.05. The van der Waals surface area contributed by atoms with E-state index in [0.29, 0.717) is 0 Å². The molecule has 2 rings (SSSR count). The van der Waals surface area contributed by atoms with Gasteiger partial charge < -0.3 is 10.2 Å². The van der Waals surface area contributed by atoms with Gasteiger partial charge in [0.1, 0.15) is 0 Å². The van der Waals surface area contributed by atoms with Crippen LogP contribution in [0.1, 0.15) is 0 Å². The molecule has 1 heterocycles. The zero-order valence-electron chi connectivity index (χ0n) is 8.57. The molecule has 1 aliphatic heterocycles. The molecule has 0 aromatic heterocycles. The highest BCUT2D eigenvalue weighted by molar-refractivity contribution is 9.10. The summed E-state index contributed by atoms with van der Waals surface area (Å²) in [6.45, 7) is 0.923. The van der Waals surface area contributed by atoms with Gasteiger partial charge in [0, 0.05) is 35.6 Å². The maximum atomic E-state index is 3.43. The van der Waals surface area contributed by atoms with Gasteiger partial charge in [-0.3, -0.25) is 0 Å². The second-order valence-corrected chi connectivity index (χ2v) is 4.28. The van der Waals surface area contributed by atoms with Crippen molar-refractivity contribution in [1.29, 1.82) is 0 Å². The summed E-state index contributed by atoms with van der Waals surface area (Å²) < 4.78 is 1.11. The Labute approximate surface area is 98.4 Å². The Morgan fingerprint density at radius 1 is 1.27 bits per heavy atom. The van der Waals surface area contributed by atoms with Crippen LogP contribution in [0.2, 0.25) is 0 Å². The zero-order valence-corrected chi connectivity index (χ0v) is 10.2. The van der Waals surface area contributed by atoms with Crippen LogP contribution >= 0.6 is 15.9 Å². The number of hydrogen-bond acceptors (Lipinski definition) is 2. The molecule has 0 saturated carbocycles. The van der Waals surface area contributed by atoms with Crippen LogP contribution in [0.15, 0.2) is 52.8 Å². The molecule has 0 spiro atoms. The van der Waals surface area contributed by atoms with Gasteiger partial charge in [0.15, 0.2) is 0 Å². The van der Waals surface area contributed by atoms with Crippen LogP contribution < -0.4 is 10.2 Å². The first-order chi connectivity index (χ1) is 7.29. The highest BCUT2D eigenvalue weighted by Crippen LogP contribution is 2.20. The van der Waals surface area contributed by atoms with E-state index in [-0.39, 0.29) is 0 Å². The first-order valence-corrected chi connectivity index (χ1v) is 5.67. The van der Waals surface area contributed by atoms with Crippen molar-refractivity contribution in [2.24, 2.45) is 0 Å². The Morgan fingerprint density at radius 3 is 2.67 bits per heavy atom. The number of nitrogens with zero attached hydrogens (tertiary/aromatic N) is 1. The van der Waals surface area contributed by atoms with Crippen molar-refractivity contribution in [3.63, 3.8) is 0 Å². The third kappa shape index (κ3) is 2.42. The summed E-state index contributed by atoms with van der Waals surface area (Å²) in [6.07, 6.45) is 6.35. The Morgan fingerprint density at radius 2 is 2.00 bits per heavy atom. The van der Waals surface area contributed by atoms with Crippen LogP contribution in [0.25, 0.3) is 0 Å². The highest BCUT2D eigenvalue weighted by atomic mass is 79.9. The number of allylic oxidation sites excluding steroid dienone is 1. The monoisotopic (exact) mass is 264 g/mol. The molecule has 1 N–H and O–H groups in total. The lowest BCUT2D eigenvalue weighted by molar-refractivity contribution is 0.960. The molecule has 3 heteroatoms. The third-order valence-corrected chi connectivity index (χ3v) is 2.87. The van der Waals surface area contributed by atoms with E-state index in [9.17, 15) is 0 Å². The minimum absolute atomic E-state index is 0.923. The number of nitrogens with one attached hydrogen (secondary N) is 1. The average molecular weight is 265 g/mol. The summed E-state index contributed by atoms with van der Waals surface area (Å²) in [5, 5.41) is 3.14. The van der Waals surface area contributed by atoms with Crippen molar-refractivity contribution < 1.29 is 0 Å². The molecule has 2 nitrogen and oxygen atoms in total. The molecule has 1 aromatic carbocycles. The zero-order chi connectivity index (χ0) is 10.7. The van der Waals surface area contributed by atoms with Gasteiger partial charge in [-0.25, -0.2) is 0 Å². The Kier molecular flexibility index (Phi) is 3.11. The fraction of sp³-hybridized carbons (Fsp3) is 0.167. The van der Waals surface area contributed by atoms with E-state index < -0.39 is 0 Å². The molecule has 0 unspecified atom stereocenters. The largest absolute Gasteiger partial charge is 0.387 e. The quantitative estimate of drug-likeness (QED) is 0.884. The topological polar surface area (TPSA) is 15.3 Å². The van der Waals surface area contributed by atoms with Gasteiger partial charge in [-0.05, 0) is 30.3 Å². The number of likely N-dealkylation sites (N-methyl/N-ethyl adjacent to an activating group) is 1. The first-order valence-electron chi connectivity index (χ1n) is 4.88. The molecule has 78 valence electrons. The molecule has 0 fully saturated rings. The number of anilines is 1. The van der Waals surface area contributed by atoms with Crippen LogP contribution in [-0.4, -0.2) is 13.6 Å². The van der Waals surface area contributed by atoms with E-state index in [1.807, 2.05) is 7.05 Å². The van der Waals surface area contributed by atoms with Gasteiger partial charge in [-0.1, -0.05) is 22.0 Å². The standard InChI is InChI=1S/C12H13BrN2/c1-14-11-3-2-8-15(9-11)12-6-4-10(13)5-7-12/h2-7,9,14H,8H2,1H3. The van der Waals surface area contributed by atoms with Crippen molar-refractivity contribution in [2.75, 3.05) is 18.5 Å². The molecular formula is C12H13BrN2.